The van der Waals surface area contributed by atoms with Crippen LogP contribution in [0.5, 0.6) is 0 Å². The Labute approximate surface area is 192 Å². The third kappa shape index (κ3) is 4.41. The number of pyridine rings is 1. The van der Waals surface area contributed by atoms with Gasteiger partial charge in [0.2, 0.25) is 11.8 Å². The fourth-order valence-electron chi connectivity index (χ4n) is 4.58. The molecular formula is C25H26N6O2. The lowest BCUT2D eigenvalue weighted by molar-refractivity contribution is -0.136. The van der Waals surface area contributed by atoms with Gasteiger partial charge in [0, 0.05) is 56.3 Å². The Kier molecular flexibility index (Phi) is 5.73. The van der Waals surface area contributed by atoms with Crippen LogP contribution in [0, 0.1) is 5.92 Å². The van der Waals surface area contributed by atoms with Gasteiger partial charge in [0.25, 0.3) is 0 Å². The lowest BCUT2D eigenvalue weighted by atomic mass is 10.1. The maximum absolute atomic E-state index is 13.3. The highest BCUT2D eigenvalue weighted by Gasteiger charge is 2.40. The Bertz CT molecular complexity index is 1150. The number of hydrogen-bond donors (Lipinski definition) is 1. The van der Waals surface area contributed by atoms with Gasteiger partial charge in [-0.25, -0.2) is 9.97 Å². The van der Waals surface area contributed by atoms with Crippen molar-refractivity contribution in [3.63, 3.8) is 0 Å². The molecule has 2 amide bonds. The molecule has 0 saturated carbocycles. The predicted octanol–water partition coefficient (Wildman–Crippen LogP) is 3.42. The van der Waals surface area contributed by atoms with Gasteiger partial charge in [0.05, 0.1) is 17.7 Å². The number of aromatic nitrogens is 3. The van der Waals surface area contributed by atoms with Crippen molar-refractivity contribution in [2.24, 2.45) is 5.92 Å². The van der Waals surface area contributed by atoms with Gasteiger partial charge >= 0.3 is 0 Å². The van der Waals surface area contributed by atoms with Gasteiger partial charge in [0.15, 0.2) is 5.82 Å². The maximum Gasteiger partial charge on any atom is 0.228 e. The summed E-state index contributed by atoms with van der Waals surface area (Å²) < 4.78 is 0. The molecule has 2 fully saturated rings. The minimum absolute atomic E-state index is 0.0192. The fourth-order valence-corrected chi connectivity index (χ4v) is 4.58. The van der Waals surface area contributed by atoms with E-state index in [1.165, 1.54) is 0 Å². The zero-order valence-corrected chi connectivity index (χ0v) is 18.5. The average molecular weight is 443 g/mol. The molecule has 8 heteroatoms. The van der Waals surface area contributed by atoms with Crippen LogP contribution in [0.3, 0.4) is 0 Å². The van der Waals surface area contributed by atoms with Gasteiger partial charge in [-0.2, -0.15) is 0 Å². The first-order valence-corrected chi connectivity index (χ1v) is 11.2. The molecule has 0 radical (unpaired) electrons. The lowest BCUT2D eigenvalue weighted by Gasteiger charge is -2.26. The Hall–Kier alpha value is -3.81. The number of nitrogens with one attached hydrogen (secondary N) is 1. The molecule has 0 bridgehead atoms. The van der Waals surface area contributed by atoms with Gasteiger partial charge in [-0.3, -0.25) is 14.6 Å². The summed E-state index contributed by atoms with van der Waals surface area (Å²) in [6.45, 7) is 1.13. The molecule has 33 heavy (non-hydrogen) atoms. The molecule has 2 aliphatic heterocycles. The summed E-state index contributed by atoms with van der Waals surface area (Å²) in [6, 6.07) is 15.4. The number of hydrogen-bond acceptors (Lipinski definition) is 6. The van der Waals surface area contributed by atoms with Crippen LogP contribution in [-0.4, -0.2) is 56.7 Å². The molecule has 0 unspecified atom stereocenters. The molecule has 4 heterocycles. The second-order valence-electron chi connectivity index (χ2n) is 8.59. The largest absolute Gasteiger partial charge is 0.345 e. The molecule has 2 aromatic heterocycles. The summed E-state index contributed by atoms with van der Waals surface area (Å²) in [4.78, 5) is 42.6. The van der Waals surface area contributed by atoms with Crippen molar-refractivity contribution in [1.29, 1.82) is 0 Å². The molecule has 1 aromatic carbocycles. The standard InChI is InChI=1S/C25H26N6O2/c1-30-16-18(14-23(30)32)25(33)31-13-5-8-21(31)24-28-20(17-9-11-26-12-10-17)15-22(29-24)27-19-6-3-2-4-7-19/h2-4,6-7,9-12,15,18,21H,5,8,13-14,16H2,1H3,(H,27,28,29)/t18-,21+/m1/s1. The SMILES string of the molecule is CN1C[C@H](C(=O)N2CCC[C@H]2c2nc(Nc3ccccc3)cc(-c3ccncc3)n2)CC1=O. The van der Waals surface area contributed by atoms with Crippen LogP contribution in [0.15, 0.2) is 60.9 Å². The molecule has 0 spiro atoms. The van der Waals surface area contributed by atoms with Crippen molar-refractivity contribution < 1.29 is 9.59 Å². The van der Waals surface area contributed by atoms with E-state index in [1.807, 2.05) is 53.4 Å². The van der Waals surface area contributed by atoms with Crippen LogP contribution in [-0.2, 0) is 9.59 Å². The number of carbonyl (C=O) groups is 2. The van der Waals surface area contributed by atoms with E-state index in [0.717, 1.165) is 29.8 Å². The molecule has 2 aliphatic rings. The minimum atomic E-state index is -0.298. The molecule has 8 nitrogen and oxygen atoms in total. The molecule has 2 atom stereocenters. The number of nitrogens with zero attached hydrogens (tertiary/aromatic N) is 5. The third-order valence-electron chi connectivity index (χ3n) is 6.29. The molecule has 168 valence electrons. The number of benzene rings is 1. The monoisotopic (exact) mass is 442 g/mol. The van der Waals surface area contributed by atoms with Gasteiger partial charge in [-0.1, -0.05) is 18.2 Å². The topological polar surface area (TPSA) is 91.3 Å². The molecule has 3 aromatic rings. The smallest absolute Gasteiger partial charge is 0.228 e. The summed E-state index contributed by atoms with van der Waals surface area (Å²) in [7, 11) is 1.75. The van der Waals surface area contributed by atoms with Crippen LogP contribution < -0.4 is 5.32 Å². The van der Waals surface area contributed by atoms with E-state index in [1.54, 1.807) is 24.3 Å². The number of rotatable bonds is 5. The van der Waals surface area contributed by atoms with Crippen molar-refractivity contribution in [3.8, 4) is 11.3 Å². The maximum atomic E-state index is 13.3. The van der Waals surface area contributed by atoms with E-state index in [4.69, 9.17) is 9.97 Å². The summed E-state index contributed by atoms with van der Waals surface area (Å²) in [5.74, 6) is 1.04. The summed E-state index contributed by atoms with van der Waals surface area (Å²) in [5, 5.41) is 3.37. The van der Waals surface area contributed by atoms with Crippen molar-refractivity contribution >= 4 is 23.3 Å². The minimum Gasteiger partial charge on any atom is -0.345 e. The highest BCUT2D eigenvalue weighted by Crippen LogP contribution is 2.35. The molecule has 0 aliphatic carbocycles. The number of amides is 2. The number of para-hydroxylation sites is 1. The van der Waals surface area contributed by atoms with E-state index < -0.39 is 0 Å². The zero-order valence-electron chi connectivity index (χ0n) is 18.5. The van der Waals surface area contributed by atoms with Crippen molar-refractivity contribution in [3.05, 3.63) is 66.7 Å². The molecule has 5 rings (SSSR count). The van der Waals surface area contributed by atoms with E-state index in [-0.39, 0.29) is 30.2 Å². The van der Waals surface area contributed by atoms with Crippen LogP contribution >= 0.6 is 0 Å². The highest BCUT2D eigenvalue weighted by atomic mass is 16.2. The van der Waals surface area contributed by atoms with Crippen molar-refractivity contribution in [2.75, 3.05) is 25.5 Å². The van der Waals surface area contributed by atoms with Crippen LogP contribution in [0.25, 0.3) is 11.3 Å². The van der Waals surface area contributed by atoms with Crippen LogP contribution in [0.1, 0.15) is 31.1 Å². The highest BCUT2D eigenvalue weighted by molar-refractivity contribution is 5.89. The van der Waals surface area contributed by atoms with Crippen LogP contribution in [0.2, 0.25) is 0 Å². The summed E-state index contributed by atoms with van der Waals surface area (Å²) in [6.07, 6.45) is 5.43. The van der Waals surface area contributed by atoms with Gasteiger partial charge in [0.1, 0.15) is 5.82 Å². The van der Waals surface area contributed by atoms with Gasteiger partial charge in [-0.15, -0.1) is 0 Å². The van der Waals surface area contributed by atoms with E-state index in [9.17, 15) is 9.59 Å². The van der Waals surface area contributed by atoms with Crippen molar-refractivity contribution in [1.82, 2.24) is 24.8 Å². The first-order valence-electron chi connectivity index (χ1n) is 11.2. The quantitative estimate of drug-likeness (QED) is 0.651. The molecule has 2 saturated heterocycles. The molecule has 1 N–H and O–H groups in total. The number of carbonyl (C=O) groups excluding carboxylic acids is 2. The Morgan fingerprint density at radius 2 is 1.88 bits per heavy atom. The lowest BCUT2D eigenvalue weighted by Crippen LogP contribution is -2.37. The predicted molar refractivity (Wildman–Crippen MR) is 124 cm³/mol. The van der Waals surface area contributed by atoms with Crippen molar-refractivity contribution in [2.45, 2.75) is 25.3 Å². The second-order valence-corrected chi connectivity index (χ2v) is 8.59. The molecular weight excluding hydrogens is 416 g/mol. The summed E-state index contributed by atoms with van der Waals surface area (Å²) in [5.41, 5.74) is 2.63. The Morgan fingerprint density at radius 3 is 2.61 bits per heavy atom. The van der Waals surface area contributed by atoms with E-state index >= 15 is 0 Å². The number of likely N-dealkylation sites (tertiary alicyclic amines) is 2. The second kappa shape index (κ2) is 8.97. The number of anilines is 2. The first-order chi connectivity index (χ1) is 16.1. The fraction of sp³-hybridized carbons (Fsp3) is 0.320. The van der Waals surface area contributed by atoms with E-state index in [2.05, 4.69) is 10.3 Å². The Morgan fingerprint density at radius 1 is 1.09 bits per heavy atom. The third-order valence-corrected chi connectivity index (χ3v) is 6.29. The normalized spacial score (nSPS) is 20.3. The Balaban J connectivity index is 1.48. The zero-order chi connectivity index (χ0) is 22.8. The van der Waals surface area contributed by atoms with E-state index in [0.29, 0.717) is 24.7 Å². The summed E-state index contributed by atoms with van der Waals surface area (Å²) >= 11 is 0. The van der Waals surface area contributed by atoms with Crippen LogP contribution in [0.4, 0.5) is 11.5 Å². The first kappa shape index (κ1) is 21.1. The van der Waals surface area contributed by atoms with Gasteiger partial charge < -0.3 is 15.1 Å². The average Bonchev–Trinajstić information content (AvgIpc) is 3.46. The van der Waals surface area contributed by atoms with Gasteiger partial charge in [-0.05, 0) is 37.1 Å².